The van der Waals surface area contributed by atoms with E-state index >= 15 is 0 Å². The number of aliphatic hydroxyl groups is 1. The minimum atomic E-state index is -1.08. The average Bonchev–Trinajstić information content (AvgIpc) is 3.37. The first kappa shape index (κ1) is 22.8. The van der Waals surface area contributed by atoms with Gasteiger partial charge in [0.15, 0.2) is 0 Å². The zero-order chi connectivity index (χ0) is 22.6. The van der Waals surface area contributed by atoms with Gasteiger partial charge in [0.05, 0.1) is 47.2 Å². The van der Waals surface area contributed by atoms with Gasteiger partial charge in [-0.1, -0.05) is 17.7 Å². The fourth-order valence-corrected chi connectivity index (χ4v) is 3.31. The molecule has 0 fully saturated rings. The van der Waals surface area contributed by atoms with Crippen molar-refractivity contribution in [1.29, 1.82) is 5.26 Å². The summed E-state index contributed by atoms with van der Waals surface area (Å²) in [6, 6.07) is 8.82. The Labute approximate surface area is 190 Å². The molecule has 0 unspecified atom stereocenters. The van der Waals surface area contributed by atoms with Crippen LogP contribution in [0.2, 0.25) is 5.02 Å². The van der Waals surface area contributed by atoms with Crippen LogP contribution in [0.1, 0.15) is 29.9 Å². The normalized spacial score (nSPS) is 13.9. The molecule has 3 aromatic rings. The number of nitriles is 1. The zero-order valence-corrected chi connectivity index (χ0v) is 18.6. The maximum absolute atomic E-state index is 12.5. The van der Waals surface area contributed by atoms with Crippen LogP contribution in [0.15, 0.2) is 43.0 Å². The second-order valence-corrected chi connectivity index (χ2v) is 8.34. The van der Waals surface area contributed by atoms with E-state index in [-0.39, 0.29) is 30.1 Å². The number of benzene rings is 1. The van der Waals surface area contributed by atoms with Crippen molar-refractivity contribution in [3.63, 3.8) is 0 Å². The molecule has 3 rings (SSSR count). The van der Waals surface area contributed by atoms with Gasteiger partial charge in [-0.25, -0.2) is 4.98 Å². The molecule has 0 bridgehead atoms. The van der Waals surface area contributed by atoms with Crippen LogP contribution in [0.4, 0.5) is 0 Å². The molecule has 0 radical (unpaired) electrons. The van der Waals surface area contributed by atoms with E-state index < -0.39 is 5.60 Å². The van der Waals surface area contributed by atoms with Crippen molar-refractivity contribution < 1.29 is 9.90 Å². The highest BCUT2D eigenvalue weighted by Gasteiger charge is 2.21. The standard InChI is InChI=1S/C21H22Cl2N6O2/c1-14(26-20(30)19-10-28(13-25-19)12-21(2,31)11-22)9-29-6-5-18(27-29)15-3-4-16(8-24)17(23)7-15/h3-7,10,13-14,31H,9,11-12H2,1-2H3,(H,26,30)/t14-,21+/m0/s1. The number of imidazole rings is 1. The van der Waals surface area contributed by atoms with Gasteiger partial charge in [-0.2, -0.15) is 10.4 Å². The fourth-order valence-electron chi connectivity index (χ4n) is 3.01. The van der Waals surface area contributed by atoms with Crippen molar-refractivity contribution in [1.82, 2.24) is 24.6 Å². The lowest BCUT2D eigenvalue weighted by Crippen LogP contribution is -2.36. The number of hydrogen-bond acceptors (Lipinski definition) is 5. The first-order valence-corrected chi connectivity index (χ1v) is 10.5. The quantitative estimate of drug-likeness (QED) is 0.502. The second kappa shape index (κ2) is 9.52. The highest BCUT2D eigenvalue weighted by atomic mass is 35.5. The topological polar surface area (TPSA) is 109 Å². The molecule has 0 aliphatic carbocycles. The zero-order valence-electron chi connectivity index (χ0n) is 17.1. The first-order chi connectivity index (χ1) is 14.7. The molecule has 0 saturated heterocycles. The molecule has 31 heavy (non-hydrogen) atoms. The summed E-state index contributed by atoms with van der Waals surface area (Å²) in [6.45, 7) is 4.18. The third-order valence-electron chi connectivity index (χ3n) is 4.54. The molecule has 2 N–H and O–H groups in total. The van der Waals surface area contributed by atoms with E-state index in [2.05, 4.69) is 15.4 Å². The summed E-state index contributed by atoms with van der Waals surface area (Å²) in [6.07, 6.45) is 4.87. The van der Waals surface area contributed by atoms with Crippen LogP contribution in [0.25, 0.3) is 11.3 Å². The summed E-state index contributed by atoms with van der Waals surface area (Å²) in [5, 5.41) is 26.8. The molecule has 162 valence electrons. The number of amides is 1. The molecule has 0 aliphatic heterocycles. The number of aromatic nitrogens is 4. The van der Waals surface area contributed by atoms with Crippen LogP contribution < -0.4 is 5.32 Å². The monoisotopic (exact) mass is 460 g/mol. The lowest BCUT2D eigenvalue weighted by Gasteiger charge is -2.20. The Hall–Kier alpha value is -2.86. The summed E-state index contributed by atoms with van der Waals surface area (Å²) in [7, 11) is 0. The molecule has 0 saturated carbocycles. The van der Waals surface area contributed by atoms with E-state index in [9.17, 15) is 9.90 Å². The van der Waals surface area contributed by atoms with Gasteiger partial charge in [0.2, 0.25) is 0 Å². The Morgan fingerprint density at radius 1 is 1.42 bits per heavy atom. The number of rotatable bonds is 8. The fraction of sp³-hybridized carbons (Fsp3) is 0.333. The second-order valence-electron chi connectivity index (χ2n) is 7.67. The molecule has 2 aromatic heterocycles. The van der Waals surface area contributed by atoms with Gasteiger partial charge in [-0.15, -0.1) is 11.6 Å². The molecule has 1 amide bonds. The maximum atomic E-state index is 12.5. The largest absolute Gasteiger partial charge is 0.387 e. The first-order valence-electron chi connectivity index (χ1n) is 9.55. The predicted molar refractivity (Wildman–Crippen MR) is 118 cm³/mol. The van der Waals surface area contributed by atoms with E-state index in [4.69, 9.17) is 28.5 Å². The summed E-state index contributed by atoms with van der Waals surface area (Å²) in [4.78, 5) is 16.6. The Bertz CT molecular complexity index is 1120. The molecule has 0 aliphatic rings. The molecule has 2 atom stereocenters. The Morgan fingerprint density at radius 2 is 2.19 bits per heavy atom. The number of carbonyl (C=O) groups is 1. The van der Waals surface area contributed by atoms with Crippen molar-refractivity contribution in [3.8, 4) is 17.3 Å². The Balaban J connectivity index is 1.60. The van der Waals surface area contributed by atoms with Crippen LogP contribution in [-0.4, -0.2) is 47.9 Å². The number of carbonyl (C=O) groups excluding carboxylic acids is 1. The summed E-state index contributed by atoms with van der Waals surface area (Å²) < 4.78 is 3.35. The average molecular weight is 461 g/mol. The van der Waals surface area contributed by atoms with Crippen LogP contribution in [0.3, 0.4) is 0 Å². The Kier molecular flexibility index (Phi) is 7.01. The van der Waals surface area contributed by atoms with E-state index in [0.717, 1.165) is 11.3 Å². The molecule has 10 heteroatoms. The van der Waals surface area contributed by atoms with Gasteiger partial charge in [0.25, 0.3) is 5.91 Å². The van der Waals surface area contributed by atoms with Crippen LogP contribution >= 0.6 is 23.2 Å². The van der Waals surface area contributed by atoms with Gasteiger partial charge in [0.1, 0.15) is 11.8 Å². The lowest BCUT2D eigenvalue weighted by atomic mass is 10.1. The highest BCUT2D eigenvalue weighted by Crippen LogP contribution is 2.24. The molecule has 2 heterocycles. The van der Waals surface area contributed by atoms with E-state index in [1.807, 2.05) is 25.3 Å². The van der Waals surface area contributed by atoms with Crippen LogP contribution in [-0.2, 0) is 13.1 Å². The molecule has 8 nitrogen and oxygen atoms in total. The summed E-state index contributed by atoms with van der Waals surface area (Å²) >= 11 is 11.8. The summed E-state index contributed by atoms with van der Waals surface area (Å²) in [5.41, 5.74) is 1.11. The van der Waals surface area contributed by atoms with Gasteiger partial charge in [-0.05, 0) is 32.0 Å². The van der Waals surface area contributed by atoms with Crippen molar-refractivity contribution in [2.24, 2.45) is 0 Å². The van der Waals surface area contributed by atoms with Gasteiger partial charge < -0.3 is 15.0 Å². The van der Waals surface area contributed by atoms with Crippen molar-refractivity contribution >= 4 is 29.1 Å². The molecular formula is C21H22Cl2N6O2. The Morgan fingerprint density at radius 3 is 2.87 bits per heavy atom. The van der Waals surface area contributed by atoms with Crippen LogP contribution in [0.5, 0.6) is 0 Å². The SMILES string of the molecule is C[C@@H](Cn1ccc(-c2ccc(C#N)c(Cl)c2)n1)NC(=O)c1cn(C[C@](C)(O)CCl)cn1. The number of nitrogens with zero attached hydrogens (tertiary/aromatic N) is 5. The van der Waals surface area contributed by atoms with Crippen molar-refractivity contribution in [2.75, 3.05) is 5.88 Å². The molecule has 0 spiro atoms. The van der Waals surface area contributed by atoms with Gasteiger partial charge in [0, 0.05) is 24.0 Å². The number of alkyl halides is 1. The number of nitrogens with one attached hydrogen (secondary N) is 1. The minimum absolute atomic E-state index is 0.0737. The smallest absolute Gasteiger partial charge is 0.271 e. The molecular weight excluding hydrogens is 439 g/mol. The third-order valence-corrected chi connectivity index (χ3v) is 5.43. The van der Waals surface area contributed by atoms with Crippen molar-refractivity contribution in [2.45, 2.75) is 38.6 Å². The third kappa shape index (κ3) is 5.85. The van der Waals surface area contributed by atoms with E-state index in [1.54, 1.807) is 40.6 Å². The minimum Gasteiger partial charge on any atom is -0.387 e. The number of hydrogen-bond donors (Lipinski definition) is 2. The van der Waals surface area contributed by atoms with Crippen LogP contribution in [0, 0.1) is 11.3 Å². The highest BCUT2D eigenvalue weighted by molar-refractivity contribution is 6.32. The van der Waals surface area contributed by atoms with Gasteiger partial charge >= 0.3 is 0 Å². The maximum Gasteiger partial charge on any atom is 0.271 e. The lowest BCUT2D eigenvalue weighted by molar-refractivity contribution is 0.0649. The van der Waals surface area contributed by atoms with E-state index in [1.165, 1.54) is 6.33 Å². The molecule has 1 aromatic carbocycles. The van der Waals surface area contributed by atoms with Crippen molar-refractivity contribution in [3.05, 3.63) is 59.3 Å². The summed E-state index contributed by atoms with van der Waals surface area (Å²) in [5.74, 6) is -0.243. The number of halogens is 2. The van der Waals surface area contributed by atoms with Gasteiger partial charge in [-0.3, -0.25) is 9.48 Å². The van der Waals surface area contributed by atoms with E-state index in [0.29, 0.717) is 17.1 Å². The predicted octanol–water partition coefficient (Wildman–Crippen LogP) is 3.08.